The summed E-state index contributed by atoms with van der Waals surface area (Å²) < 4.78 is 29.2. The van der Waals surface area contributed by atoms with Crippen molar-refractivity contribution in [1.82, 2.24) is 0 Å². The maximum atomic E-state index is 14.4. The van der Waals surface area contributed by atoms with Crippen molar-refractivity contribution in [3.8, 4) is 16.9 Å². The zero-order valence-corrected chi connectivity index (χ0v) is 17.0. The van der Waals surface area contributed by atoms with E-state index in [1.807, 2.05) is 5.38 Å². The minimum atomic E-state index is -1.40. The van der Waals surface area contributed by atoms with Crippen LogP contribution in [-0.4, -0.2) is 22.1 Å². The predicted molar refractivity (Wildman–Crippen MR) is 113 cm³/mol. The lowest BCUT2D eigenvalue weighted by Crippen LogP contribution is -2.13. The number of fused-ring (bicyclic) bond motifs is 1. The maximum absolute atomic E-state index is 14.4. The quantitative estimate of drug-likeness (QED) is 0.367. The van der Waals surface area contributed by atoms with Crippen LogP contribution in [0.15, 0.2) is 41.1 Å². The van der Waals surface area contributed by atoms with Crippen LogP contribution < -0.4 is 5.32 Å². The third kappa shape index (κ3) is 3.31. The van der Waals surface area contributed by atoms with E-state index in [9.17, 15) is 28.6 Å². The summed E-state index contributed by atoms with van der Waals surface area (Å²) in [5, 5.41) is 26.2. The number of rotatable bonds is 4. The fourth-order valence-corrected chi connectivity index (χ4v) is 4.82. The Hall–Kier alpha value is -3.30. The van der Waals surface area contributed by atoms with Crippen LogP contribution in [0.4, 0.5) is 13.8 Å². The molecule has 0 unspecified atom stereocenters. The molecule has 0 spiro atoms. The summed E-state index contributed by atoms with van der Waals surface area (Å²) in [4.78, 5) is 24.6. The summed E-state index contributed by atoms with van der Waals surface area (Å²) in [6, 6.07) is 7.40. The molecule has 3 N–H and O–H groups in total. The van der Waals surface area contributed by atoms with Crippen LogP contribution in [0, 0.1) is 18.6 Å². The molecule has 0 aliphatic rings. The van der Waals surface area contributed by atoms with E-state index in [-0.39, 0.29) is 38.6 Å². The molecule has 0 aliphatic carbocycles. The lowest BCUT2D eigenvalue weighted by Gasteiger charge is -2.09. The number of carboxylic acids is 1. The number of carbonyl (C=O) groups excluding carboxylic acids is 1. The first-order valence-corrected chi connectivity index (χ1v) is 10.3. The second-order valence-corrected chi connectivity index (χ2v) is 8.33. The van der Waals surface area contributed by atoms with Crippen LogP contribution in [0.3, 0.4) is 0 Å². The molecule has 0 saturated heterocycles. The monoisotopic (exact) mass is 445 g/mol. The van der Waals surface area contributed by atoms with Gasteiger partial charge in [0.1, 0.15) is 16.3 Å². The molecule has 0 fully saturated rings. The molecule has 5 nitrogen and oxygen atoms in total. The average Bonchev–Trinajstić information content (AvgIpc) is 3.32. The lowest BCUT2D eigenvalue weighted by atomic mass is 10.0. The van der Waals surface area contributed by atoms with Crippen molar-refractivity contribution in [1.29, 1.82) is 0 Å². The van der Waals surface area contributed by atoms with E-state index < -0.39 is 23.5 Å². The Morgan fingerprint density at radius 2 is 1.80 bits per heavy atom. The van der Waals surface area contributed by atoms with E-state index in [0.29, 0.717) is 0 Å². The Morgan fingerprint density at radius 1 is 1.03 bits per heavy atom. The molecule has 30 heavy (non-hydrogen) atoms. The van der Waals surface area contributed by atoms with Crippen molar-refractivity contribution >= 4 is 49.6 Å². The smallest absolute Gasteiger partial charge is 0.339 e. The number of carboxylic acid groups (broad SMARTS) is 1. The summed E-state index contributed by atoms with van der Waals surface area (Å²) in [5.41, 5.74) is -0.542. The lowest BCUT2D eigenvalue weighted by molar-refractivity contribution is 0.0699. The number of phenols is 1. The van der Waals surface area contributed by atoms with E-state index in [2.05, 4.69) is 5.32 Å². The van der Waals surface area contributed by atoms with E-state index in [0.717, 1.165) is 21.4 Å². The van der Waals surface area contributed by atoms with Gasteiger partial charge in [-0.2, -0.15) is 0 Å². The molecule has 2 aromatic carbocycles. The van der Waals surface area contributed by atoms with Gasteiger partial charge in [0.25, 0.3) is 5.91 Å². The number of phenolic OH excluding ortho intramolecular Hbond substituents is 1. The molecular weight excluding hydrogens is 432 g/mol. The number of thiophene rings is 2. The first kappa shape index (κ1) is 20.0. The zero-order chi connectivity index (χ0) is 21.6. The number of nitrogens with one attached hydrogen (secondary N) is 1. The van der Waals surface area contributed by atoms with Crippen molar-refractivity contribution in [2.45, 2.75) is 6.92 Å². The van der Waals surface area contributed by atoms with Crippen LogP contribution in [0.2, 0.25) is 0 Å². The number of amides is 1. The van der Waals surface area contributed by atoms with Crippen LogP contribution in [-0.2, 0) is 0 Å². The first-order valence-electron chi connectivity index (χ1n) is 8.59. The highest BCUT2D eigenvalue weighted by atomic mass is 32.1. The fraction of sp³-hybridized carbons (Fsp3) is 0.0476. The molecule has 2 heterocycles. The summed E-state index contributed by atoms with van der Waals surface area (Å²) in [5.74, 6) is -4.59. The number of carbonyl (C=O) groups is 2. The van der Waals surface area contributed by atoms with Gasteiger partial charge in [0.2, 0.25) is 0 Å². The highest BCUT2D eigenvalue weighted by Crippen LogP contribution is 2.38. The Labute approximate surface area is 176 Å². The number of anilines is 1. The van der Waals surface area contributed by atoms with E-state index in [1.54, 1.807) is 6.07 Å². The number of aromatic carboxylic acids is 1. The Bertz CT molecular complexity index is 1330. The van der Waals surface area contributed by atoms with Gasteiger partial charge < -0.3 is 15.5 Å². The average molecular weight is 445 g/mol. The van der Waals surface area contributed by atoms with Crippen molar-refractivity contribution in [3.63, 3.8) is 0 Å². The topological polar surface area (TPSA) is 86.6 Å². The van der Waals surface area contributed by atoms with Gasteiger partial charge in [0.15, 0.2) is 11.6 Å². The van der Waals surface area contributed by atoms with Gasteiger partial charge in [-0.1, -0.05) is 12.1 Å². The standard InChI is InChI=1S/C21H13F2NO4S2/c1-9-2-3-11(18(23)17(9)22)13-8-30-20(16(13)21(27)28)24-19(26)12-7-15-10(4-5-29-15)6-14(12)25/h2-8,25H,1H3,(H,24,26)(H,27,28). The van der Waals surface area contributed by atoms with Crippen LogP contribution in [0.5, 0.6) is 5.75 Å². The summed E-state index contributed by atoms with van der Waals surface area (Å²) in [6.45, 7) is 1.40. The van der Waals surface area contributed by atoms with Crippen LogP contribution in [0.1, 0.15) is 26.3 Å². The van der Waals surface area contributed by atoms with Crippen molar-refractivity contribution in [3.05, 3.63) is 69.4 Å². The van der Waals surface area contributed by atoms with Crippen molar-refractivity contribution in [2.24, 2.45) is 0 Å². The second-order valence-electron chi connectivity index (χ2n) is 6.50. The molecule has 4 aromatic rings. The Morgan fingerprint density at radius 3 is 2.53 bits per heavy atom. The molecule has 0 radical (unpaired) electrons. The van der Waals surface area contributed by atoms with Gasteiger partial charge in [0.05, 0.1) is 5.56 Å². The van der Waals surface area contributed by atoms with Gasteiger partial charge in [-0.25, -0.2) is 13.6 Å². The van der Waals surface area contributed by atoms with E-state index in [4.69, 9.17) is 0 Å². The summed E-state index contributed by atoms with van der Waals surface area (Å²) in [6.07, 6.45) is 0. The second kappa shape index (κ2) is 7.51. The number of hydrogen-bond acceptors (Lipinski definition) is 5. The molecule has 0 bridgehead atoms. The van der Waals surface area contributed by atoms with Crippen LogP contribution in [0.25, 0.3) is 21.2 Å². The summed E-state index contributed by atoms with van der Waals surface area (Å²) in [7, 11) is 0. The molecule has 2 aromatic heterocycles. The van der Waals surface area contributed by atoms with Gasteiger partial charge in [-0.05, 0) is 41.5 Å². The number of aromatic hydroxyl groups is 1. The minimum absolute atomic E-state index is 0.0243. The number of halogens is 2. The Kier molecular flexibility index (Phi) is 5.00. The largest absolute Gasteiger partial charge is 0.507 e. The van der Waals surface area contributed by atoms with Gasteiger partial charge >= 0.3 is 5.97 Å². The molecule has 0 aliphatic heterocycles. The molecule has 1 amide bonds. The molecule has 152 valence electrons. The minimum Gasteiger partial charge on any atom is -0.507 e. The molecular formula is C21H13F2NO4S2. The Balaban J connectivity index is 1.75. The van der Waals surface area contributed by atoms with Crippen molar-refractivity contribution in [2.75, 3.05) is 5.32 Å². The molecule has 9 heteroatoms. The third-order valence-corrected chi connectivity index (χ3v) is 6.39. The van der Waals surface area contributed by atoms with Gasteiger partial charge in [-0.15, -0.1) is 22.7 Å². The highest BCUT2D eigenvalue weighted by molar-refractivity contribution is 7.17. The van der Waals surface area contributed by atoms with E-state index in [1.165, 1.54) is 47.9 Å². The van der Waals surface area contributed by atoms with Crippen LogP contribution >= 0.6 is 22.7 Å². The van der Waals surface area contributed by atoms with Gasteiger partial charge in [-0.3, -0.25) is 4.79 Å². The number of aryl methyl sites for hydroxylation is 1. The number of benzene rings is 2. The zero-order valence-electron chi connectivity index (χ0n) is 15.3. The molecule has 0 atom stereocenters. The fourth-order valence-electron chi connectivity index (χ4n) is 3.06. The summed E-state index contributed by atoms with van der Waals surface area (Å²) >= 11 is 2.26. The van der Waals surface area contributed by atoms with E-state index >= 15 is 0 Å². The molecule has 0 saturated carbocycles. The number of hydrogen-bond donors (Lipinski definition) is 3. The molecule has 4 rings (SSSR count). The normalized spacial score (nSPS) is 11.0. The maximum Gasteiger partial charge on any atom is 0.339 e. The SMILES string of the molecule is Cc1ccc(-c2csc(NC(=O)c3cc4sccc4cc3O)c2C(=O)O)c(F)c1F. The highest BCUT2D eigenvalue weighted by Gasteiger charge is 2.25. The van der Waals surface area contributed by atoms with Crippen molar-refractivity contribution < 1.29 is 28.6 Å². The predicted octanol–water partition coefficient (Wildman–Crippen LogP) is 5.87. The van der Waals surface area contributed by atoms with Gasteiger partial charge in [0, 0.05) is 21.2 Å². The first-order chi connectivity index (χ1) is 14.3. The third-order valence-electron chi connectivity index (χ3n) is 4.61.